The van der Waals surface area contributed by atoms with E-state index in [4.69, 9.17) is 0 Å². The van der Waals surface area contributed by atoms with Crippen molar-refractivity contribution in [3.8, 4) is 0 Å². The van der Waals surface area contributed by atoms with Crippen LogP contribution in [0.5, 0.6) is 0 Å². The van der Waals surface area contributed by atoms with E-state index >= 15 is 0 Å². The lowest BCUT2D eigenvalue weighted by atomic mass is 9.87. The van der Waals surface area contributed by atoms with Gasteiger partial charge >= 0.3 is 0 Å². The monoisotopic (exact) mass is 278 g/mol. The summed E-state index contributed by atoms with van der Waals surface area (Å²) in [4.78, 5) is 15.2. The third-order valence-corrected chi connectivity index (χ3v) is 5.55. The second-order valence-electron chi connectivity index (χ2n) is 7.11. The molecule has 0 radical (unpaired) electrons. The minimum atomic E-state index is 0.468. The third-order valence-electron chi connectivity index (χ3n) is 5.55. The summed E-state index contributed by atoms with van der Waals surface area (Å²) in [5.41, 5.74) is 0. The molecule has 3 nitrogen and oxygen atoms in total. The van der Waals surface area contributed by atoms with Crippen LogP contribution in [0.4, 0.5) is 0 Å². The predicted molar refractivity (Wildman–Crippen MR) is 81.6 cm³/mol. The molecule has 2 aliphatic carbocycles. The van der Waals surface area contributed by atoms with Crippen LogP contribution in [0, 0.1) is 5.92 Å². The summed E-state index contributed by atoms with van der Waals surface area (Å²) in [7, 11) is 0. The molecule has 0 atom stereocenters. The first-order valence-corrected chi connectivity index (χ1v) is 8.86. The van der Waals surface area contributed by atoms with Crippen LogP contribution >= 0.6 is 0 Å². The van der Waals surface area contributed by atoms with E-state index in [2.05, 4.69) is 10.2 Å². The molecule has 1 amide bonds. The normalized spacial score (nSPS) is 26.2. The van der Waals surface area contributed by atoms with Crippen LogP contribution in [0.1, 0.15) is 70.6 Å². The van der Waals surface area contributed by atoms with Crippen LogP contribution in [-0.4, -0.2) is 36.0 Å². The molecular weight excluding hydrogens is 248 g/mol. The lowest BCUT2D eigenvalue weighted by Gasteiger charge is -2.43. The van der Waals surface area contributed by atoms with Crippen molar-refractivity contribution in [1.82, 2.24) is 10.2 Å². The molecule has 1 heterocycles. The maximum absolute atomic E-state index is 12.8. The van der Waals surface area contributed by atoms with Crippen molar-refractivity contribution < 1.29 is 4.79 Å². The van der Waals surface area contributed by atoms with Crippen molar-refractivity contribution in [3.05, 3.63) is 0 Å². The molecule has 1 aliphatic heterocycles. The van der Waals surface area contributed by atoms with Crippen LogP contribution in [0.25, 0.3) is 0 Å². The Labute approximate surface area is 123 Å². The van der Waals surface area contributed by atoms with Gasteiger partial charge in [0, 0.05) is 18.5 Å². The van der Waals surface area contributed by atoms with Crippen LogP contribution in [0.2, 0.25) is 0 Å². The van der Waals surface area contributed by atoms with E-state index in [-0.39, 0.29) is 0 Å². The van der Waals surface area contributed by atoms with Crippen LogP contribution in [0.15, 0.2) is 0 Å². The largest absolute Gasteiger partial charge is 0.337 e. The second kappa shape index (κ2) is 6.93. The molecule has 0 aromatic heterocycles. The van der Waals surface area contributed by atoms with Gasteiger partial charge in [0.2, 0.25) is 5.91 Å². The lowest BCUT2D eigenvalue weighted by Crippen LogP contribution is -2.51. The molecule has 20 heavy (non-hydrogen) atoms. The summed E-state index contributed by atoms with van der Waals surface area (Å²) in [5, 5.41) is 3.29. The van der Waals surface area contributed by atoms with Crippen LogP contribution < -0.4 is 5.32 Å². The molecule has 1 N–H and O–H groups in total. The van der Waals surface area contributed by atoms with E-state index in [1.807, 2.05) is 0 Å². The SMILES string of the molecule is O=C(CC1CNC1)N(C1CCCCC1)C1CCCCC1. The fraction of sp³-hybridized carbons (Fsp3) is 0.941. The van der Waals surface area contributed by atoms with Crippen molar-refractivity contribution in [3.63, 3.8) is 0 Å². The standard InChI is InChI=1S/C17H30N2O/c20-17(11-14-12-18-13-14)19(15-7-3-1-4-8-15)16-9-5-2-6-10-16/h14-16,18H,1-13H2. The highest BCUT2D eigenvalue weighted by molar-refractivity contribution is 5.77. The van der Waals surface area contributed by atoms with Gasteiger partial charge in [0.25, 0.3) is 0 Å². The van der Waals surface area contributed by atoms with Gasteiger partial charge < -0.3 is 10.2 Å². The zero-order valence-corrected chi connectivity index (χ0v) is 12.8. The van der Waals surface area contributed by atoms with E-state index in [0.717, 1.165) is 19.5 Å². The quantitative estimate of drug-likeness (QED) is 0.857. The van der Waals surface area contributed by atoms with Gasteiger partial charge in [-0.2, -0.15) is 0 Å². The Balaban J connectivity index is 1.65. The van der Waals surface area contributed by atoms with Crippen molar-refractivity contribution in [2.75, 3.05) is 13.1 Å². The molecule has 0 aromatic carbocycles. The van der Waals surface area contributed by atoms with E-state index in [9.17, 15) is 4.79 Å². The molecule has 1 saturated heterocycles. The van der Waals surface area contributed by atoms with E-state index < -0.39 is 0 Å². The average Bonchev–Trinajstić information content (AvgIpc) is 2.46. The summed E-state index contributed by atoms with van der Waals surface area (Å²) < 4.78 is 0. The third kappa shape index (κ3) is 3.36. The van der Waals surface area contributed by atoms with Gasteiger partial charge in [-0.25, -0.2) is 0 Å². The number of amides is 1. The first-order valence-electron chi connectivity index (χ1n) is 8.86. The molecule has 114 valence electrons. The number of rotatable bonds is 4. The highest BCUT2D eigenvalue weighted by Crippen LogP contribution is 2.31. The molecule has 3 heteroatoms. The zero-order valence-electron chi connectivity index (χ0n) is 12.8. The van der Waals surface area contributed by atoms with Crippen molar-refractivity contribution in [1.29, 1.82) is 0 Å². The number of hydrogen-bond donors (Lipinski definition) is 1. The summed E-state index contributed by atoms with van der Waals surface area (Å²) in [6.07, 6.45) is 13.9. The zero-order chi connectivity index (χ0) is 13.8. The van der Waals surface area contributed by atoms with Crippen LogP contribution in [-0.2, 0) is 4.79 Å². The van der Waals surface area contributed by atoms with E-state index in [1.54, 1.807) is 0 Å². The summed E-state index contributed by atoms with van der Waals surface area (Å²) in [6.45, 7) is 2.10. The van der Waals surface area contributed by atoms with Gasteiger partial charge in [0.15, 0.2) is 0 Å². The number of nitrogens with zero attached hydrogens (tertiary/aromatic N) is 1. The maximum atomic E-state index is 12.8. The first kappa shape index (κ1) is 14.4. The fourth-order valence-electron chi connectivity index (χ4n) is 4.27. The minimum absolute atomic E-state index is 0.468. The van der Waals surface area contributed by atoms with Gasteiger partial charge in [-0.15, -0.1) is 0 Å². The molecule has 0 spiro atoms. The summed E-state index contributed by atoms with van der Waals surface area (Å²) in [6, 6.07) is 1.12. The highest BCUT2D eigenvalue weighted by Gasteiger charge is 2.34. The molecule has 0 bridgehead atoms. The second-order valence-corrected chi connectivity index (χ2v) is 7.11. The summed E-state index contributed by atoms with van der Waals surface area (Å²) in [5.74, 6) is 1.08. The maximum Gasteiger partial charge on any atom is 0.223 e. The number of carbonyl (C=O) groups is 1. The lowest BCUT2D eigenvalue weighted by molar-refractivity contribution is -0.139. The van der Waals surface area contributed by atoms with Crippen LogP contribution in [0.3, 0.4) is 0 Å². The van der Waals surface area contributed by atoms with Crippen molar-refractivity contribution >= 4 is 5.91 Å². The molecule has 3 aliphatic rings. The minimum Gasteiger partial charge on any atom is -0.337 e. The molecule has 3 fully saturated rings. The number of nitrogens with one attached hydrogen (secondary N) is 1. The molecule has 3 rings (SSSR count). The molecule has 0 unspecified atom stereocenters. The number of carbonyl (C=O) groups excluding carboxylic acids is 1. The predicted octanol–water partition coefficient (Wildman–Crippen LogP) is 3.09. The van der Waals surface area contributed by atoms with Gasteiger partial charge in [0.1, 0.15) is 0 Å². The Kier molecular flexibility index (Phi) is 4.98. The fourth-order valence-corrected chi connectivity index (χ4v) is 4.27. The van der Waals surface area contributed by atoms with Crippen molar-refractivity contribution in [2.24, 2.45) is 5.92 Å². The van der Waals surface area contributed by atoms with Gasteiger partial charge in [-0.05, 0) is 44.7 Å². The molecule has 0 aromatic rings. The van der Waals surface area contributed by atoms with E-state index in [1.165, 1.54) is 64.2 Å². The Morgan fingerprint density at radius 1 is 0.850 bits per heavy atom. The van der Waals surface area contributed by atoms with Gasteiger partial charge in [0.05, 0.1) is 0 Å². The van der Waals surface area contributed by atoms with E-state index in [0.29, 0.717) is 23.9 Å². The topological polar surface area (TPSA) is 32.3 Å². The van der Waals surface area contributed by atoms with Gasteiger partial charge in [-0.3, -0.25) is 4.79 Å². The molecular formula is C17H30N2O. The highest BCUT2D eigenvalue weighted by atomic mass is 16.2. The Morgan fingerprint density at radius 2 is 1.35 bits per heavy atom. The Morgan fingerprint density at radius 3 is 1.75 bits per heavy atom. The van der Waals surface area contributed by atoms with Crippen molar-refractivity contribution in [2.45, 2.75) is 82.7 Å². The summed E-state index contributed by atoms with van der Waals surface area (Å²) >= 11 is 0. The van der Waals surface area contributed by atoms with Gasteiger partial charge in [-0.1, -0.05) is 38.5 Å². The smallest absolute Gasteiger partial charge is 0.223 e. The Bertz CT molecular complexity index is 297. The average molecular weight is 278 g/mol. The first-order chi connectivity index (χ1) is 9.84. The Hall–Kier alpha value is -0.570. The number of hydrogen-bond acceptors (Lipinski definition) is 2. The molecule has 2 saturated carbocycles.